The Balaban J connectivity index is 1.69. The zero-order valence-electron chi connectivity index (χ0n) is 14.8. The molecule has 0 unspecified atom stereocenters. The lowest BCUT2D eigenvalue weighted by atomic mass is 10.1. The van der Waals surface area contributed by atoms with E-state index in [1.165, 1.54) is 0 Å². The Labute approximate surface area is 175 Å². The number of amides is 3. The molecule has 0 saturated carbocycles. The highest BCUT2D eigenvalue weighted by Crippen LogP contribution is 2.32. The van der Waals surface area contributed by atoms with E-state index in [1.807, 2.05) is 56.3 Å². The topological polar surface area (TPSA) is 66.5 Å². The highest BCUT2D eigenvalue weighted by Gasteiger charge is 2.36. The fourth-order valence-corrected chi connectivity index (χ4v) is 3.83. The average molecular weight is 492 g/mol. The first kappa shape index (κ1) is 19.6. The lowest BCUT2D eigenvalue weighted by molar-refractivity contribution is -0.127. The number of aryl methyl sites for hydroxylation is 2. The zero-order valence-corrected chi connectivity index (χ0v) is 17.8. The number of nitrogens with one attached hydrogen (secondary N) is 1. The molecule has 0 aliphatic carbocycles. The van der Waals surface area contributed by atoms with Crippen molar-refractivity contribution >= 4 is 63.2 Å². The van der Waals surface area contributed by atoms with Gasteiger partial charge >= 0.3 is 0 Å². The summed E-state index contributed by atoms with van der Waals surface area (Å²) >= 11 is 3.05. The number of hydrogen-bond donors (Lipinski definition) is 1. The molecule has 27 heavy (non-hydrogen) atoms. The van der Waals surface area contributed by atoms with Crippen LogP contribution in [0, 0.1) is 17.4 Å². The highest BCUT2D eigenvalue weighted by atomic mass is 127. The molecule has 1 fully saturated rings. The Morgan fingerprint density at radius 2 is 1.85 bits per heavy atom. The molecule has 2 aromatic carbocycles. The van der Waals surface area contributed by atoms with E-state index in [1.54, 1.807) is 6.08 Å². The van der Waals surface area contributed by atoms with E-state index in [9.17, 15) is 14.4 Å². The molecule has 1 N–H and O–H groups in total. The van der Waals surface area contributed by atoms with Gasteiger partial charge in [-0.1, -0.05) is 29.8 Å². The molecule has 1 aliphatic heterocycles. The molecule has 1 heterocycles. The average Bonchev–Trinajstić information content (AvgIpc) is 2.87. The highest BCUT2D eigenvalue weighted by molar-refractivity contribution is 14.1. The summed E-state index contributed by atoms with van der Waals surface area (Å²) in [5.74, 6) is -0.848. The zero-order chi connectivity index (χ0) is 19.6. The van der Waals surface area contributed by atoms with Crippen LogP contribution in [0.4, 0.5) is 10.5 Å². The molecule has 7 heteroatoms. The number of rotatable bonds is 4. The van der Waals surface area contributed by atoms with E-state index in [4.69, 9.17) is 0 Å². The lowest BCUT2D eigenvalue weighted by Gasteiger charge is -2.14. The fourth-order valence-electron chi connectivity index (χ4n) is 2.63. The first-order valence-corrected chi connectivity index (χ1v) is 10.1. The van der Waals surface area contributed by atoms with E-state index < -0.39 is 17.1 Å². The van der Waals surface area contributed by atoms with Crippen LogP contribution >= 0.6 is 34.4 Å². The molecule has 0 bridgehead atoms. The van der Waals surface area contributed by atoms with Crippen LogP contribution in [0.15, 0.2) is 47.4 Å². The van der Waals surface area contributed by atoms with E-state index in [0.717, 1.165) is 36.9 Å². The number of benzene rings is 2. The number of carbonyl (C=O) groups is 3. The second-order valence-electron chi connectivity index (χ2n) is 6.19. The van der Waals surface area contributed by atoms with Gasteiger partial charge in [0.25, 0.3) is 11.1 Å². The van der Waals surface area contributed by atoms with Crippen LogP contribution in [0.2, 0.25) is 0 Å². The summed E-state index contributed by atoms with van der Waals surface area (Å²) in [6.07, 6.45) is 1.67. The lowest BCUT2D eigenvalue weighted by Crippen LogP contribution is -2.36. The third kappa shape index (κ3) is 4.78. The molecule has 5 nitrogen and oxygen atoms in total. The molecule has 0 aromatic heterocycles. The molecule has 0 spiro atoms. The van der Waals surface area contributed by atoms with Crippen molar-refractivity contribution in [1.29, 1.82) is 0 Å². The Bertz CT molecular complexity index is 954. The van der Waals surface area contributed by atoms with Gasteiger partial charge < -0.3 is 5.32 Å². The molecule has 0 atom stereocenters. The quantitative estimate of drug-likeness (QED) is 0.501. The predicted octanol–water partition coefficient (Wildman–Crippen LogP) is 4.58. The number of anilines is 1. The van der Waals surface area contributed by atoms with Crippen molar-refractivity contribution < 1.29 is 14.4 Å². The summed E-state index contributed by atoms with van der Waals surface area (Å²) in [6, 6.07) is 13.3. The largest absolute Gasteiger partial charge is 0.324 e. The number of thioether (sulfide) groups is 1. The van der Waals surface area contributed by atoms with Gasteiger partial charge in [0, 0.05) is 9.26 Å². The summed E-state index contributed by atoms with van der Waals surface area (Å²) in [7, 11) is 0. The Morgan fingerprint density at radius 1 is 1.15 bits per heavy atom. The minimum absolute atomic E-state index is 0.304. The van der Waals surface area contributed by atoms with E-state index >= 15 is 0 Å². The van der Waals surface area contributed by atoms with Gasteiger partial charge in [0.15, 0.2) is 0 Å². The van der Waals surface area contributed by atoms with Crippen molar-refractivity contribution in [2.45, 2.75) is 13.8 Å². The number of hydrogen-bond acceptors (Lipinski definition) is 4. The minimum atomic E-state index is -0.445. The van der Waals surface area contributed by atoms with Crippen molar-refractivity contribution in [2.24, 2.45) is 0 Å². The van der Waals surface area contributed by atoms with Crippen LogP contribution in [0.5, 0.6) is 0 Å². The summed E-state index contributed by atoms with van der Waals surface area (Å²) in [4.78, 5) is 38.3. The molecule has 1 saturated heterocycles. The number of nitrogens with zero attached hydrogens (tertiary/aromatic N) is 1. The normalized spacial score (nSPS) is 15.5. The standard InChI is InChI=1S/C20H17IN2O3S/c1-12-3-8-16(13(2)9-12)22-18(24)11-23-19(25)17(27-20(23)26)10-14-4-6-15(21)7-5-14/h3-10H,11H2,1-2H3,(H,22,24)/b17-10+. The Kier molecular flexibility index (Phi) is 6.01. The molecule has 3 rings (SSSR count). The van der Waals surface area contributed by atoms with Gasteiger partial charge in [0.1, 0.15) is 6.54 Å². The van der Waals surface area contributed by atoms with Gasteiger partial charge in [-0.15, -0.1) is 0 Å². The third-order valence-corrected chi connectivity index (χ3v) is 5.63. The summed E-state index contributed by atoms with van der Waals surface area (Å²) in [5, 5.41) is 2.32. The maximum absolute atomic E-state index is 12.5. The maximum Gasteiger partial charge on any atom is 0.294 e. The Morgan fingerprint density at radius 3 is 2.52 bits per heavy atom. The SMILES string of the molecule is Cc1ccc(NC(=O)CN2C(=O)S/C(=C/c3ccc(I)cc3)C2=O)c(C)c1. The smallest absolute Gasteiger partial charge is 0.294 e. The summed E-state index contributed by atoms with van der Waals surface area (Å²) < 4.78 is 1.08. The van der Waals surface area contributed by atoms with E-state index in [0.29, 0.717) is 10.6 Å². The van der Waals surface area contributed by atoms with Crippen molar-refractivity contribution in [3.8, 4) is 0 Å². The molecule has 138 valence electrons. The molecule has 3 amide bonds. The second kappa shape index (κ2) is 8.26. The molecular weight excluding hydrogens is 475 g/mol. The van der Waals surface area contributed by atoms with Crippen molar-refractivity contribution in [2.75, 3.05) is 11.9 Å². The number of halogens is 1. The van der Waals surface area contributed by atoms with Gasteiger partial charge in [-0.05, 0) is 83.6 Å². The fraction of sp³-hybridized carbons (Fsp3) is 0.150. The minimum Gasteiger partial charge on any atom is -0.324 e. The first-order valence-electron chi connectivity index (χ1n) is 8.21. The monoisotopic (exact) mass is 492 g/mol. The third-order valence-electron chi connectivity index (χ3n) is 4.00. The van der Waals surface area contributed by atoms with Crippen LogP contribution in [0.25, 0.3) is 6.08 Å². The summed E-state index contributed by atoms with van der Waals surface area (Å²) in [5.41, 5.74) is 3.53. The van der Waals surface area contributed by atoms with Crippen molar-refractivity contribution in [1.82, 2.24) is 4.90 Å². The van der Waals surface area contributed by atoms with Gasteiger partial charge in [-0.25, -0.2) is 0 Å². The van der Waals surface area contributed by atoms with Crippen LogP contribution in [0.3, 0.4) is 0 Å². The molecule has 2 aromatic rings. The van der Waals surface area contributed by atoms with Gasteiger partial charge in [-0.3, -0.25) is 19.3 Å². The molecule has 1 aliphatic rings. The Hall–Kier alpha value is -2.13. The van der Waals surface area contributed by atoms with Crippen LogP contribution in [0.1, 0.15) is 16.7 Å². The van der Waals surface area contributed by atoms with Gasteiger partial charge in [0.05, 0.1) is 4.91 Å². The second-order valence-corrected chi connectivity index (χ2v) is 8.42. The molecular formula is C20H17IN2O3S. The number of carbonyl (C=O) groups excluding carboxylic acids is 3. The van der Waals surface area contributed by atoms with Gasteiger partial charge in [0.2, 0.25) is 5.91 Å². The van der Waals surface area contributed by atoms with E-state index in [-0.39, 0.29) is 6.54 Å². The van der Waals surface area contributed by atoms with Crippen LogP contribution < -0.4 is 5.32 Å². The number of imide groups is 1. The predicted molar refractivity (Wildman–Crippen MR) is 116 cm³/mol. The van der Waals surface area contributed by atoms with E-state index in [2.05, 4.69) is 27.9 Å². The van der Waals surface area contributed by atoms with Crippen molar-refractivity contribution in [3.63, 3.8) is 0 Å². The maximum atomic E-state index is 12.5. The molecule has 0 radical (unpaired) electrons. The van der Waals surface area contributed by atoms with Crippen LogP contribution in [-0.4, -0.2) is 28.5 Å². The first-order chi connectivity index (χ1) is 12.8. The van der Waals surface area contributed by atoms with Crippen LogP contribution in [-0.2, 0) is 9.59 Å². The summed E-state index contributed by atoms with van der Waals surface area (Å²) in [6.45, 7) is 3.56. The van der Waals surface area contributed by atoms with Gasteiger partial charge in [-0.2, -0.15) is 0 Å². The van der Waals surface area contributed by atoms with Crippen molar-refractivity contribution in [3.05, 3.63) is 67.6 Å².